The van der Waals surface area contributed by atoms with Crippen LogP contribution < -0.4 is 19.6 Å². The lowest BCUT2D eigenvalue weighted by atomic mass is 9.96. The van der Waals surface area contributed by atoms with Gasteiger partial charge >= 0.3 is 5.97 Å². The average molecular weight is 555 g/mol. The molecule has 37 heavy (non-hydrogen) atoms. The average Bonchev–Trinajstić information content (AvgIpc) is 3.48. The number of thiazole rings is 1. The number of halogens is 2. The zero-order chi connectivity index (χ0) is 26.3. The van der Waals surface area contributed by atoms with E-state index in [-0.39, 0.29) is 5.56 Å². The maximum absolute atomic E-state index is 13.7. The standard InChI is InChI=1S/C27H20Cl2N2O5S/c1-14-22(26(33)35-3)24(15-7-9-16(34-2)10-8-15)31-25(32)21(37-27(31)30-14)13-17-11-12-20(36-17)18-5-4-6-19(28)23(18)29/h4-13,24H,1-3H3/b21-13+/t24-/m0/s1. The van der Waals surface area contributed by atoms with E-state index in [9.17, 15) is 9.59 Å². The summed E-state index contributed by atoms with van der Waals surface area (Å²) < 4.78 is 18.2. The Morgan fingerprint density at radius 2 is 1.86 bits per heavy atom. The molecular formula is C27H20Cl2N2O5S. The van der Waals surface area contributed by atoms with Crippen LogP contribution in [-0.4, -0.2) is 24.8 Å². The van der Waals surface area contributed by atoms with E-state index < -0.39 is 12.0 Å². The fraction of sp³-hybridized carbons (Fsp3) is 0.148. The third kappa shape index (κ3) is 4.52. The highest BCUT2D eigenvalue weighted by Crippen LogP contribution is 2.35. The highest BCUT2D eigenvalue weighted by Gasteiger charge is 2.33. The fourth-order valence-corrected chi connectivity index (χ4v) is 5.61. The molecule has 0 radical (unpaired) electrons. The van der Waals surface area contributed by atoms with Crippen LogP contribution in [-0.2, 0) is 9.53 Å². The van der Waals surface area contributed by atoms with E-state index in [4.69, 9.17) is 37.1 Å². The number of carbonyl (C=O) groups is 1. The van der Waals surface area contributed by atoms with E-state index in [2.05, 4.69) is 4.99 Å². The van der Waals surface area contributed by atoms with Crippen LogP contribution in [0.5, 0.6) is 5.75 Å². The Hall–Kier alpha value is -3.59. The first-order chi connectivity index (χ1) is 17.8. The van der Waals surface area contributed by atoms with Crippen LogP contribution in [0.15, 0.2) is 80.1 Å². The lowest BCUT2D eigenvalue weighted by Crippen LogP contribution is -2.39. The van der Waals surface area contributed by atoms with E-state index >= 15 is 0 Å². The number of rotatable bonds is 5. The minimum absolute atomic E-state index is 0.294. The van der Waals surface area contributed by atoms with Crippen LogP contribution in [0.3, 0.4) is 0 Å². The minimum Gasteiger partial charge on any atom is -0.497 e. The molecule has 2 aromatic carbocycles. The normalized spacial score (nSPS) is 15.4. The van der Waals surface area contributed by atoms with E-state index in [0.717, 1.165) is 5.56 Å². The molecule has 10 heteroatoms. The summed E-state index contributed by atoms with van der Waals surface area (Å²) >= 11 is 13.7. The molecule has 1 atom stereocenters. The molecule has 0 saturated heterocycles. The van der Waals surface area contributed by atoms with Crippen molar-refractivity contribution in [2.75, 3.05) is 14.2 Å². The molecule has 188 valence electrons. The molecule has 2 aromatic heterocycles. The number of methoxy groups -OCH3 is 2. The number of carbonyl (C=O) groups excluding carboxylic acids is 1. The van der Waals surface area contributed by atoms with Gasteiger partial charge in [-0.3, -0.25) is 9.36 Å². The fourth-order valence-electron chi connectivity index (χ4n) is 4.19. The second-order valence-electron chi connectivity index (χ2n) is 8.15. The molecule has 0 fully saturated rings. The molecule has 0 aliphatic carbocycles. The number of hydrogen-bond donors (Lipinski definition) is 0. The maximum Gasteiger partial charge on any atom is 0.338 e. The molecule has 0 spiro atoms. The lowest BCUT2D eigenvalue weighted by Gasteiger charge is -2.24. The third-order valence-electron chi connectivity index (χ3n) is 5.98. The number of nitrogens with zero attached hydrogens (tertiary/aromatic N) is 2. The third-order valence-corrected chi connectivity index (χ3v) is 7.78. The summed E-state index contributed by atoms with van der Waals surface area (Å²) in [5.41, 5.74) is 1.84. The van der Waals surface area contributed by atoms with Gasteiger partial charge in [-0.25, -0.2) is 9.79 Å². The predicted molar refractivity (Wildman–Crippen MR) is 143 cm³/mol. The van der Waals surface area contributed by atoms with Gasteiger partial charge in [0.05, 0.1) is 46.1 Å². The highest BCUT2D eigenvalue weighted by atomic mass is 35.5. The van der Waals surface area contributed by atoms with Gasteiger partial charge in [0, 0.05) is 11.6 Å². The van der Waals surface area contributed by atoms with Gasteiger partial charge < -0.3 is 13.9 Å². The number of benzene rings is 2. The Morgan fingerprint density at radius 1 is 1.11 bits per heavy atom. The van der Waals surface area contributed by atoms with Crippen molar-refractivity contribution in [1.29, 1.82) is 0 Å². The van der Waals surface area contributed by atoms with E-state index in [0.29, 0.717) is 53.5 Å². The van der Waals surface area contributed by atoms with E-state index in [1.807, 2.05) is 12.1 Å². The van der Waals surface area contributed by atoms with Gasteiger partial charge in [-0.15, -0.1) is 0 Å². The van der Waals surface area contributed by atoms with Crippen molar-refractivity contribution in [3.8, 4) is 17.1 Å². The summed E-state index contributed by atoms with van der Waals surface area (Å²) in [6, 6.07) is 15.3. The van der Waals surface area contributed by atoms with Crippen molar-refractivity contribution in [3.05, 3.63) is 107 Å². The number of allylic oxidation sites excluding steroid dienone is 1. The predicted octanol–water partition coefficient (Wildman–Crippen LogP) is 4.98. The second-order valence-corrected chi connectivity index (χ2v) is 9.94. The summed E-state index contributed by atoms with van der Waals surface area (Å²) in [5.74, 6) is 1.09. The van der Waals surface area contributed by atoms with Gasteiger partial charge in [-0.2, -0.15) is 0 Å². The molecule has 7 nitrogen and oxygen atoms in total. The van der Waals surface area contributed by atoms with Gasteiger partial charge in [0.2, 0.25) is 0 Å². The van der Waals surface area contributed by atoms with Gasteiger partial charge in [0.15, 0.2) is 4.80 Å². The van der Waals surface area contributed by atoms with Crippen LogP contribution in [0.4, 0.5) is 0 Å². The molecule has 1 aliphatic heterocycles. The smallest absolute Gasteiger partial charge is 0.338 e. The second kappa shape index (κ2) is 10.0. The largest absolute Gasteiger partial charge is 0.497 e. The topological polar surface area (TPSA) is 83.0 Å². The molecular weight excluding hydrogens is 535 g/mol. The summed E-state index contributed by atoms with van der Waals surface area (Å²) in [5, 5.41) is 0.801. The monoisotopic (exact) mass is 554 g/mol. The summed E-state index contributed by atoms with van der Waals surface area (Å²) in [7, 11) is 2.88. The van der Waals surface area contributed by atoms with Crippen molar-refractivity contribution >= 4 is 46.6 Å². The van der Waals surface area contributed by atoms with Crippen LogP contribution in [0.25, 0.3) is 17.4 Å². The number of hydrogen-bond acceptors (Lipinski definition) is 7. The Kier molecular flexibility index (Phi) is 6.81. The zero-order valence-electron chi connectivity index (χ0n) is 20.0. The molecule has 0 unspecified atom stereocenters. The van der Waals surface area contributed by atoms with Crippen molar-refractivity contribution in [3.63, 3.8) is 0 Å². The Morgan fingerprint density at radius 3 is 2.57 bits per heavy atom. The first-order valence-electron chi connectivity index (χ1n) is 11.1. The first-order valence-corrected chi connectivity index (χ1v) is 12.7. The minimum atomic E-state index is -0.714. The zero-order valence-corrected chi connectivity index (χ0v) is 22.3. The first kappa shape index (κ1) is 25.1. The molecule has 5 rings (SSSR count). The lowest BCUT2D eigenvalue weighted by molar-refractivity contribution is -0.136. The van der Waals surface area contributed by atoms with Crippen molar-refractivity contribution in [2.24, 2.45) is 4.99 Å². The number of aromatic nitrogens is 1. The van der Waals surface area contributed by atoms with Crippen LogP contribution in [0.2, 0.25) is 10.0 Å². The molecule has 0 bridgehead atoms. The molecule has 4 aromatic rings. The number of furan rings is 1. The SMILES string of the molecule is COC(=O)C1=C(C)N=c2s/c(=C/c3ccc(-c4cccc(Cl)c4Cl)o3)c(=O)n2[C@H]1c1ccc(OC)cc1. The van der Waals surface area contributed by atoms with Gasteiger partial charge in [-0.1, -0.05) is 52.7 Å². The van der Waals surface area contributed by atoms with Crippen LogP contribution in [0, 0.1) is 0 Å². The molecule has 0 saturated carbocycles. The molecule has 1 aliphatic rings. The highest BCUT2D eigenvalue weighted by molar-refractivity contribution is 7.07. The van der Waals surface area contributed by atoms with Crippen molar-refractivity contribution in [2.45, 2.75) is 13.0 Å². The number of ether oxygens (including phenoxy) is 2. The molecule has 0 N–H and O–H groups in total. The summed E-state index contributed by atoms with van der Waals surface area (Å²) in [4.78, 5) is 31.5. The van der Waals surface area contributed by atoms with Gasteiger partial charge in [0.1, 0.15) is 17.3 Å². The van der Waals surface area contributed by atoms with Gasteiger partial charge in [0.25, 0.3) is 5.56 Å². The van der Waals surface area contributed by atoms with E-state index in [1.54, 1.807) is 62.6 Å². The quantitative estimate of drug-likeness (QED) is 0.325. The van der Waals surface area contributed by atoms with Crippen LogP contribution in [0.1, 0.15) is 24.3 Å². The number of esters is 1. The molecule has 3 heterocycles. The van der Waals surface area contributed by atoms with Gasteiger partial charge in [-0.05, 0) is 48.9 Å². The Labute approximate surface area is 225 Å². The van der Waals surface area contributed by atoms with Crippen molar-refractivity contribution in [1.82, 2.24) is 4.57 Å². The van der Waals surface area contributed by atoms with Crippen LogP contribution >= 0.6 is 34.5 Å². The summed E-state index contributed by atoms with van der Waals surface area (Å²) in [6.07, 6.45) is 1.65. The Balaban J connectivity index is 1.64. The molecule has 0 amide bonds. The Bertz CT molecular complexity index is 1730. The van der Waals surface area contributed by atoms with Crippen molar-refractivity contribution < 1.29 is 18.7 Å². The van der Waals surface area contributed by atoms with E-state index in [1.165, 1.54) is 23.0 Å². The number of fused-ring (bicyclic) bond motifs is 1. The maximum atomic E-state index is 13.7. The summed E-state index contributed by atoms with van der Waals surface area (Å²) in [6.45, 7) is 1.73.